The van der Waals surface area contributed by atoms with Crippen LogP contribution in [0.4, 0.5) is 4.79 Å². The number of aryl methyl sites for hydroxylation is 1. The Morgan fingerprint density at radius 1 is 1.24 bits per heavy atom. The first kappa shape index (κ1) is 23.5. The van der Waals surface area contributed by atoms with E-state index < -0.39 is 22.2 Å². The van der Waals surface area contributed by atoms with Gasteiger partial charge in [0.2, 0.25) is 0 Å². The van der Waals surface area contributed by atoms with Gasteiger partial charge in [0.05, 0.1) is 12.1 Å². The van der Waals surface area contributed by atoms with Gasteiger partial charge < -0.3 is 9.30 Å². The van der Waals surface area contributed by atoms with Crippen LogP contribution in [0.5, 0.6) is 0 Å². The lowest BCUT2D eigenvalue weighted by atomic mass is 10.0. The van der Waals surface area contributed by atoms with Crippen molar-refractivity contribution in [2.45, 2.75) is 63.3 Å². The molecular weight excluding hydrogens is 458 g/mol. The van der Waals surface area contributed by atoms with E-state index in [1.807, 2.05) is 42.7 Å². The highest BCUT2D eigenvalue weighted by molar-refractivity contribution is 7.92. The van der Waals surface area contributed by atoms with Gasteiger partial charge in [0.15, 0.2) is 0 Å². The van der Waals surface area contributed by atoms with Gasteiger partial charge in [-0.2, -0.15) is 0 Å². The largest absolute Gasteiger partial charge is 0.446 e. The number of rotatable bonds is 7. The van der Waals surface area contributed by atoms with Crippen molar-refractivity contribution in [3.05, 3.63) is 59.0 Å². The standard InChI is InChI=1S/C24H29N3O4S2/c1-15(2)13-19-14-20(23(32-19)33(29,30)26-24(28)31-16(3)4)17-5-7-18(8-6-17)21-9-10-22-25-11-12-27(21)22/h5-8,11-12,14-16,21H,9-10,13H2,1-4H3,(H,26,28)/t21-/m1/s1. The van der Waals surface area contributed by atoms with Crippen molar-refractivity contribution in [1.29, 1.82) is 0 Å². The van der Waals surface area contributed by atoms with E-state index >= 15 is 0 Å². The number of thiophene rings is 1. The van der Waals surface area contributed by atoms with Crippen molar-refractivity contribution >= 4 is 27.5 Å². The zero-order valence-corrected chi connectivity index (χ0v) is 20.9. The molecule has 1 N–H and O–H groups in total. The second-order valence-corrected chi connectivity index (χ2v) is 12.0. The second kappa shape index (κ2) is 9.30. The summed E-state index contributed by atoms with van der Waals surface area (Å²) in [6.07, 6.45) is 5.15. The molecule has 1 aromatic carbocycles. The van der Waals surface area contributed by atoms with Gasteiger partial charge in [0.25, 0.3) is 10.0 Å². The number of imidazole rings is 1. The lowest BCUT2D eigenvalue weighted by molar-refractivity contribution is 0.121. The van der Waals surface area contributed by atoms with E-state index in [2.05, 4.69) is 28.1 Å². The van der Waals surface area contributed by atoms with Crippen molar-refractivity contribution in [3.63, 3.8) is 0 Å². The molecule has 0 bridgehead atoms. The summed E-state index contributed by atoms with van der Waals surface area (Å²) < 4.78 is 35.5. The van der Waals surface area contributed by atoms with Crippen LogP contribution in [-0.2, 0) is 27.6 Å². The third kappa shape index (κ3) is 5.14. The molecule has 0 unspecified atom stereocenters. The molecule has 1 atom stereocenters. The molecule has 0 saturated heterocycles. The molecule has 9 heteroatoms. The van der Waals surface area contributed by atoms with E-state index in [9.17, 15) is 13.2 Å². The molecule has 7 nitrogen and oxygen atoms in total. The van der Waals surface area contributed by atoms with Crippen molar-refractivity contribution in [1.82, 2.24) is 14.3 Å². The predicted octanol–water partition coefficient (Wildman–Crippen LogP) is 5.17. The highest BCUT2D eigenvalue weighted by atomic mass is 32.2. The molecule has 0 aliphatic carbocycles. The van der Waals surface area contributed by atoms with Crippen LogP contribution in [0.3, 0.4) is 0 Å². The number of aromatic nitrogens is 2. The van der Waals surface area contributed by atoms with Crippen LogP contribution in [0, 0.1) is 5.92 Å². The quantitative estimate of drug-likeness (QED) is 0.497. The Labute approximate surface area is 198 Å². The van der Waals surface area contributed by atoms with Crippen LogP contribution in [0.2, 0.25) is 0 Å². The Morgan fingerprint density at radius 2 is 1.97 bits per heavy atom. The maximum absolute atomic E-state index is 13.1. The number of sulfonamides is 1. The number of nitrogens with one attached hydrogen (secondary N) is 1. The smallest absolute Gasteiger partial charge is 0.421 e. The first-order valence-corrected chi connectivity index (χ1v) is 13.4. The van der Waals surface area contributed by atoms with Crippen molar-refractivity contribution in [3.8, 4) is 11.1 Å². The van der Waals surface area contributed by atoms with Gasteiger partial charge in [-0.05, 0) is 49.8 Å². The molecule has 1 aliphatic rings. The predicted molar refractivity (Wildman–Crippen MR) is 129 cm³/mol. The fourth-order valence-corrected chi connectivity index (χ4v) is 6.99. The van der Waals surface area contributed by atoms with Crippen LogP contribution in [0.25, 0.3) is 11.1 Å². The summed E-state index contributed by atoms with van der Waals surface area (Å²) in [6.45, 7) is 7.52. The molecule has 4 rings (SSSR count). The van der Waals surface area contributed by atoms with Crippen LogP contribution in [0.1, 0.15) is 56.4 Å². The number of fused-ring (bicyclic) bond motifs is 1. The molecule has 1 aliphatic heterocycles. The van der Waals surface area contributed by atoms with Gasteiger partial charge in [0.1, 0.15) is 10.0 Å². The summed E-state index contributed by atoms with van der Waals surface area (Å²) in [7, 11) is -4.08. The van der Waals surface area contributed by atoms with E-state index in [0.717, 1.165) is 41.1 Å². The van der Waals surface area contributed by atoms with Crippen molar-refractivity contribution in [2.75, 3.05) is 0 Å². The summed E-state index contributed by atoms with van der Waals surface area (Å²) in [6, 6.07) is 10.2. The maximum Gasteiger partial charge on any atom is 0.421 e. The van der Waals surface area contributed by atoms with E-state index in [-0.39, 0.29) is 10.3 Å². The minimum Gasteiger partial charge on any atom is -0.446 e. The van der Waals surface area contributed by atoms with E-state index in [0.29, 0.717) is 11.5 Å². The molecule has 3 aromatic rings. The number of carbonyl (C=O) groups is 1. The molecule has 0 spiro atoms. The summed E-state index contributed by atoms with van der Waals surface area (Å²) in [4.78, 5) is 17.4. The number of hydrogen-bond acceptors (Lipinski definition) is 6. The fraction of sp³-hybridized carbons (Fsp3) is 0.417. The summed E-state index contributed by atoms with van der Waals surface area (Å²) in [5, 5.41) is 0. The number of ether oxygens (including phenoxy) is 1. The van der Waals surface area contributed by atoms with Gasteiger partial charge in [0, 0.05) is 29.3 Å². The zero-order chi connectivity index (χ0) is 23.8. The van der Waals surface area contributed by atoms with Gasteiger partial charge in [-0.1, -0.05) is 38.1 Å². The van der Waals surface area contributed by atoms with Gasteiger partial charge in [-0.25, -0.2) is 22.9 Å². The molecule has 33 heavy (non-hydrogen) atoms. The average molecular weight is 488 g/mol. The highest BCUT2D eigenvalue weighted by Crippen LogP contribution is 2.38. The Balaban J connectivity index is 1.66. The van der Waals surface area contributed by atoms with E-state index in [1.54, 1.807) is 13.8 Å². The molecule has 176 valence electrons. The number of hydrogen-bond donors (Lipinski definition) is 1. The number of benzene rings is 1. The Bertz CT molecular complexity index is 1240. The summed E-state index contributed by atoms with van der Waals surface area (Å²) >= 11 is 1.20. The fourth-order valence-electron chi connectivity index (χ4n) is 4.16. The number of carbonyl (C=O) groups excluding carboxylic acids is 1. The van der Waals surface area contributed by atoms with Crippen LogP contribution < -0.4 is 4.72 Å². The SMILES string of the molecule is CC(C)Cc1cc(-c2ccc([C@H]3CCc4nccn43)cc2)c(S(=O)(=O)NC(=O)OC(C)C)s1. The van der Waals surface area contributed by atoms with Crippen LogP contribution in [-0.4, -0.2) is 30.2 Å². The van der Waals surface area contributed by atoms with Crippen molar-refractivity contribution < 1.29 is 17.9 Å². The highest BCUT2D eigenvalue weighted by Gasteiger charge is 2.27. The van der Waals surface area contributed by atoms with E-state index in [1.165, 1.54) is 11.3 Å². The third-order valence-electron chi connectivity index (χ3n) is 5.50. The topological polar surface area (TPSA) is 90.3 Å². The first-order valence-electron chi connectivity index (χ1n) is 11.1. The lowest BCUT2D eigenvalue weighted by Gasteiger charge is -2.14. The Kier molecular flexibility index (Phi) is 6.63. The third-order valence-corrected chi connectivity index (χ3v) is 8.50. The van der Waals surface area contributed by atoms with Gasteiger partial charge in [-0.3, -0.25) is 0 Å². The number of nitrogens with zero attached hydrogens (tertiary/aromatic N) is 2. The monoisotopic (exact) mass is 487 g/mol. The van der Waals surface area contributed by atoms with Crippen molar-refractivity contribution in [2.24, 2.45) is 5.92 Å². The van der Waals surface area contributed by atoms with Crippen LogP contribution in [0.15, 0.2) is 46.9 Å². The Hall–Kier alpha value is -2.65. The van der Waals surface area contributed by atoms with Gasteiger partial charge in [-0.15, -0.1) is 11.3 Å². The Morgan fingerprint density at radius 3 is 2.64 bits per heavy atom. The minimum absolute atomic E-state index is 0.129. The average Bonchev–Trinajstić information content (AvgIpc) is 3.42. The zero-order valence-electron chi connectivity index (χ0n) is 19.2. The summed E-state index contributed by atoms with van der Waals surface area (Å²) in [5.74, 6) is 1.47. The van der Waals surface area contributed by atoms with Crippen LogP contribution >= 0.6 is 11.3 Å². The summed E-state index contributed by atoms with van der Waals surface area (Å²) in [5.41, 5.74) is 2.56. The molecule has 1 amide bonds. The first-order chi connectivity index (χ1) is 15.6. The molecule has 0 radical (unpaired) electrons. The second-order valence-electron chi connectivity index (χ2n) is 9.00. The van der Waals surface area contributed by atoms with E-state index in [4.69, 9.17) is 4.74 Å². The molecule has 0 fully saturated rings. The minimum atomic E-state index is -4.08. The molecule has 0 saturated carbocycles. The lowest BCUT2D eigenvalue weighted by Crippen LogP contribution is -2.32. The molecule has 3 heterocycles. The molecular formula is C24H29N3O4S2. The number of amides is 1. The van der Waals surface area contributed by atoms with Gasteiger partial charge >= 0.3 is 6.09 Å². The normalized spacial score (nSPS) is 15.8. The maximum atomic E-state index is 13.1. The molecule has 2 aromatic heterocycles.